The molecule has 7 heteroatoms. The molecule has 0 N–H and O–H groups in total. The van der Waals surface area contributed by atoms with Crippen LogP contribution in [0.2, 0.25) is 5.02 Å². The van der Waals surface area contributed by atoms with Crippen LogP contribution in [0.4, 0.5) is 0 Å². The molecule has 0 atom stereocenters. The zero-order valence-corrected chi connectivity index (χ0v) is 12.3. The lowest BCUT2D eigenvalue weighted by atomic mass is 10.0. The first-order chi connectivity index (χ1) is 10.7. The summed E-state index contributed by atoms with van der Waals surface area (Å²) in [5.41, 5.74) is 2.71. The van der Waals surface area contributed by atoms with Gasteiger partial charge in [-0.15, -0.1) is 5.10 Å². The number of rotatable bonds is 3. The number of aromatic nitrogens is 4. The van der Waals surface area contributed by atoms with E-state index in [-0.39, 0.29) is 5.69 Å². The van der Waals surface area contributed by atoms with Crippen molar-refractivity contribution in [3.05, 3.63) is 53.4 Å². The number of ether oxygens (including phenoxy) is 1. The highest BCUT2D eigenvalue weighted by molar-refractivity contribution is 6.31. The maximum atomic E-state index is 8.88. The smallest absolute Gasteiger partial charge is 0.213 e. The van der Waals surface area contributed by atoms with Gasteiger partial charge in [0, 0.05) is 22.8 Å². The fourth-order valence-electron chi connectivity index (χ4n) is 2.06. The summed E-state index contributed by atoms with van der Waals surface area (Å²) in [7, 11) is 1.56. The largest absolute Gasteiger partial charge is 0.481 e. The van der Waals surface area contributed by atoms with Crippen LogP contribution in [-0.2, 0) is 0 Å². The van der Waals surface area contributed by atoms with Gasteiger partial charge in [0.05, 0.1) is 19.0 Å². The quantitative estimate of drug-likeness (QED) is 0.743. The number of methoxy groups -OCH3 is 1. The second-order valence-corrected chi connectivity index (χ2v) is 4.84. The Balaban J connectivity index is 2.17. The van der Waals surface area contributed by atoms with Crippen molar-refractivity contribution in [1.82, 2.24) is 20.0 Å². The van der Waals surface area contributed by atoms with Gasteiger partial charge in [-0.25, -0.2) is 9.67 Å². The molecule has 0 aliphatic heterocycles. The lowest BCUT2D eigenvalue weighted by Crippen LogP contribution is -1.98. The summed E-state index contributed by atoms with van der Waals surface area (Å²) in [6.45, 7) is 0. The van der Waals surface area contributed by atoms with E-state index in [4.69, 9.17) is 21.6 Å². The van der Waals surface area contributed by atoms with Crippen LogP contribution in [0, 0.1) is 11.3 Å². The molecule has 0 amide bonds. The highest BCUT2D eigenvalue weighted by atomic mass is 35.5. The summed E-state index contributed by atoms with van der Waals surface area (Å²) < 4.78 is 6.69. The molecule has 2 aromatic heterocycles. The molecule has 2 heterocycles. The molecule has 0 saturated carbocycles. The van der Waals surface area contributed by atoms with Crippen LogP contribution in [0.15, 0.2) is 42.7 Å². The van der Waals surface area contributed by atoms with Crippen molar-refractivity contribution in [2.24, 2.45) is 0 Å². The third-order valence-corrected chi connectivity index (χ3v) is 3.30. The molecule has 0 fully saturated rings. The van der Waals surface area contributed by atoms with Gasteiger partial charge in [-0.3, -0.25) is 0 Å². The number of halogens is 1. The highest BCUT2D eigenvalue weighted by Crippen LogP contribution is 2.30. The van der Waals surface area contributed by atoms with Crippen LogP contribution in [0.1, 0.15) is 5.69 Å². The Morgan fingerprint density at radius 3 is 2.86 bits per heavy atom. The van der Waals surface area contributed by atoms with Crippen LogP contribution in [0.3, 0.4) is 0 Å². The maximum absolute atomic E-state index is 8.88. The SMILES string of the molecule is COc1cc(-c2cc(Cl)ccc2-n2cc(C#N)nn2)ccn1. The first-order valence-corrected chi connectivity index (χ1v) is 6.72. The van der Waals surface area contributed by atoms with Crippen molar-refractivity contribution in [2.45, 2.75) is 0 Å². The molecule has 3 rings (SSSR count). The summed E-state index contributed by atoms with van der Waals surface area (Å²) in [5, 5.41) is 17.2. The molecule has 3 aromatic rings. The van der Waals surface area contributed by atoms with E-state index in [1.807, 2.05) is 24.3 Å². The van der Waals surface area contributed by atoms with E-state index in [0.29, 0.717) is 10.9 Å². The molecule has 0 unspecified atom stereocenters. The van der Waals surface area contributed by atoms with Gasteiger partial charge in [0.2, 0.25) is 5.88 Å². The molecular weight excluding hydrogens is 302 g/mol. The summed E-state index contributed by atoms with van der Waals surface area (Å²) >= 11 is 6.12. The molecule has 1 aromatic carbocycles. The average Bonchev–Trinajstić information content (AvgIpc) is 3.03. The normalized spacial score (nSPS) is 10.2. The molecule has 0 radical (unpaired) electrons. The Labute approximate surface area is 131 Å². The van der Waals surface area contributed by atoms with Crippen molar-refractivity contribution < 1.29 is 4.74 Å². The Morgan fingerprint density at radius 1 is 1.27 bits per heavy atom. The molecule has 0 bridgehead atoms. The van der Waals surface area contributed by atoms with Crippen LogP contribution < -0.4 is 4.74 Å². The Morgan fingerprint density at radius 2 is 2.14 bits per heavy atom. The lowest BCUT2D eigenvalue weighted by molar-refractivity contribution is 0.398. The number of nitrogens with zero attached hydrogens (tertiary/aromatic N) is 5. The van der Waals surface area contributed by atoms with Gasteiger partial charge in [0.15, 0.2) is 5.69 Å². The van der Waals surface area contributed by atoms with E-state index >= 15 is 0 Å². The Bertz CT molecular complexity index is 868. The van der Waals surface area contributed by atoms with Crippen LogP contribution >= 0.6 is 11.6 Å². The van der Waals surface area contributed by atoms with Crippen molar-refractivity contribution in [3.63, 3.8) is 0 Å². The second-order valence-electron chi connectivity index (χ2n) is 4.41. The molecule has 0 spiro atoms. The minimum absolute atomic E-state index is 0.244. The summed E-state index contributed by atoms with van der Waals surface area (Å²) in [6.07, 6.45) is 3.21. The van der Waals surface area contributed by atoms with E-state index in [1.165, 1.54) is 4.68 Å². The van der Waals surface area contributed by atoms with E-state index in [1.54, 1.807) is 31.6 Å². The summed E-state index contributed by atoms with van der Waals surface area (Å²) in [5.74, 6) is 0.500. The van der Waals surface area contributed by atoms with Gasteiger partial charge in [0.25, 0.3) is 0 Å². The third kappa shape index (κ3) is 2.62. The number of pyridine rings is 1. The molecule has 0 aliphatic carbocycles. The van der Waals surface area contributed by atoms with Crippen molar-refractivity contribution in [1.29, 1.82) is 5.26 Å². The predicted molar refractivity (Wildman–Crippen MR) is 80.9 cm³/mol. The average molecular weight is 312 g/mol. The predicted octanol–water partition coefficient (Wildman–Crippen LogP) is 2.86. The first kappa shape index (κ1) is 14.0. The number of nitriles is 1. The van der Waals surface area contributed by atoms with Gasteiger partial charge in [-0.1, -0.05) is 16.8 Å². The van der Waals surface area contributed by atoms with Crippen LogP contribution in [0.5, 0.6) is 5.88 Å². The van der Waals surface area contributed by atoms with Gasteiger partial charge in [0.1, 0.15) is 6.07 Å². The third-order valence-electron chi connectivity index (χ3n) is 3.07. The molecule has 22 heavy (non-hydrogen) atoms. The fourth-order valence-corrected chi connectivity index (χ4v) is 2.23. The van der Waals surface area contributed by atoms with Crippen molar-refractivity contribution >= 4 is 11.6 Å². The zero-order valence-electron chi connectivity index (χ0n) is 11.6. The second kappa shape index (κ2) is 5.84. The van der Waals surface area contributed by atoms with E-state index in [2.05, 4.69) is 15.3 Å². The molecule has 108 valence electrons. The van der Waals surface area contributed by atoms with Crippen LogP contribution in [0.25, 0.3) is 16.8 Å². The molecule has 6 nitrogen and oxygen atoms in total. The minimum atomic E-state index is 0.244. The summed E-state index contributed by atoms with van der Waals surface area (Å²) in [6, 6.07) is 11.0. The van der Waals surface area contributed by atoms with Crippen LogP contribution in [-0.4, -0.2) is 27.1 Å². The van der Waals surface area contributed by atoms with Gasteiger partial charge in [-0.05, 0) is 29.8 Å². The molecule has 0 aliphatic rings. The number of hydrogen-bond acceptors (Lipinski definition) is 5. The van der Waals surface area contributed by atoms with Gasteiger partial charge < -0.3 is 4.74 Å². The maximum Gasteiger partial charge on any atom is 0.213 e. The van der Waals surface area contributed by atoms with E-state index < -0.39 is 0 Å². The van der Waals surface area contributed by atoms with Gasteiger partial charge in [-0.2, -0.15) is 5.26 Å². The fraction of sp³-hybridized carbons (Fsp3) is 0.0667. The zero-order chi connectivity index (χ0) is 15.5. The summed E-state index contributed by atoms with van der Waals surface area (Å²) in [4.78, 5) is 4.09. The topological polar surface area (TPSA) is 76.6 Å². The number of benzene rings is 1. The Hall–Kier alpha value is -2.91. The monoisotopic (exact) mass is 311 g/mol. The van der Waals surface area contributed by atoms with Crippen molar-refractivity contribution in [2.75, 3.05) is 7.11 Å². The highest BCUT2D eigenvalue weighted by Gasteiger charge is 2.11. The van der Waals surface area contributed by atoms with E-state index in [9.17, 15) is 0 Å². The van der Waals surface area contributed by atoms with E-state index in [0.717, 1.165) is 16.8 Å². The van der Waals surface area contributed by atoms with Crippen molar-refractivity contribution in [3.8, 4) is 28.8 Å². The standard InChI is InChI=1S/C15H10ClN5O/c1-22-15-6-10(4-5-18-15)13-7-11(16)2-3-14(13)21-9-12(8-17)19-20-21/h2-7,9H,1H3. The first-order valence-electron chi connectivity index (χ1n) is 6.34. The lowest BCUT2D eigenvalue weighted by Gasteiger charge is -2.10. The Kier molecular flexibility index (Phi) is 3.73. The minimum Gasteiger partial charge on any atom is -0.481 e. The molecular formula is C15H10ClN5O. The number of hydrogen-bond donors (Lipinski definition) is 0. The molecule has 0 saturated heterocycles. The van der Waals surface area contributed by atoms with Gasteiger partial charge >= 0.3 is 0 Å².